The Labute approximate surface area is 96.2 Å². The number of hydrogen-bond acceptors (Lipinski definition) is 2. The molecule has 1 fully saturated rings. The van der Waals surface area contributed by atoms with E-state index in [4.69, 9.17) is 0 Å². The molecule has 1 aliphatic heterocycles. The molecule has 0 radical (unpaired) electrons. The van der Waals surface area contributed by atoms with Crippen LogP contribution in [0.4, 0.5) is 13.2 Å². The average molecular weight is 244 g/mol. The van der Waals surface area contributed by atoms with Gasteiger partial charge in [0.05, 0.1) is 5.56 Å². The summed E-state index contributed by atoms with van der Waals surface area (Å²) in [4.78, 5) is 13.3. The second-order valence-corrected chi connectivity index (χ2v) is 3.77. The third-order valence-electron chi connectivity index (χ3n) is 2.67. The molecule has 0 spiro atoms. The Kier molecular flexibility index (Phi) is 3.33. The SMILES string of the molecule is O=C(c1ccc(F)c(F)c1F)N1CCNCC1. The van der Waals surface area contributed by atoms with Crippen LogP contribution in [0.2, 0.25) is 0 Å². The number of nitrogens with one attached hydrogen (secondary N) is 1. The van der Waals surface area contributed by atoms with E-state index in [0.29, 0.717) is 26.2 Å². The smallest absolute Gasteiger partial charge is 0.257 e. The number of halogens is 3. The number of carbonyl (C=O) groups excluding carboxylic acids is 1. The molecule has 92 valence electrons. The van der Waals surface area contributed by atoms with Gasteiger partial charge in [-0.15, -0.1) is 0 Å². The van der Waals surface area contributed by atoms with E-state index in [-0.39, 0.29) is 0 Å². The van der Waals surface area contributed by atoms with Crippen LogP contribution < -0.4 is 5.32 Å². The molecule has 0 aliphatic carbocycles. The van der Waals surface area contributed by atoms with Crippen LogP contribution in [0.15, 0.2) is 12.1 Å². The van der Waals surface area contributed by atoms with Crippen molar-refractivity contribution in [1.29, 1.82) is 0 Å². The molecule has 1 aromatic rings. The lowest BCUT2D eigenvalue weighted by Gasteiger charge is -2.27. The fourth-order valence-corrected chi connectivity index (χ4v) is 1.73. The van der Waals surface area contributed by atoms with Crippen molar-refractivity contribution < 1.29 is 18.0 Å². The number of amides is 1. The highest BCUT2D eigenvalue weighted by Gasteiger charge is 2.24. The Morgan fingerprint density at radius 2 is 1.76 bits per heavy atom. The van der Waals surface area contributed by atoms with Gasteiger partial charge in [-0.1, -0.05) is 0 Å². The van der Waals surface area contributed by atoms with E-state index in [1.165, 1.54) is 4.90 Å². The molecule has 17 heavy (non-hydrogen) atoms. The number of benzene rings is 1. The van der Waals surface area contributed by atoms with Crippen LogP contribution >= 0.6 is 0 Å². The van der Waals surface area contributed by atoms with Gasteiger partial charge in [0.25, 0.3) is 5.91 Å². The molecule has 1 N–H and O–H groups in total. The molecule has 1 saturated heterocycles. The molecular weight excluding hydrogens is 233 g/mol. The van der Waals surface area contributed by atoms with E-state index in [1.54, 1.807) is 0 Å². The predicted octanol–water partition coefficient (Wildman–Crippen LogP) is 1.15. The van der Waals surface area contributed by atoms with Crippen LogP contribution in [-0.4, -0.2) is 37.0 Å². The number of nitrogens with zero attached hydrogens (tertiary/aromatic N) is 1. The van der Waals surface area contributed by atoms with E-state index in [2.05, 4.69) is 5.32 Å². The van der Waals surface area contributed by atoms with Crippen molar-refractivity contribution in [3.63, 3.8) is 0 Å². The minimum absolute atomic E-state index is 0.425. The Hall–Kier alpha value is -1.56. The van der Waals surface area contributed by atoms with Gasteiger partial charge in [0.1, 0.15) is 0 Å². The molecule has 0 bridgehead atoms. The summed E-state index contributed by atoms with van der Waals surface area (Å²) in [6.07, 6.45) is 0. The monoisotopic (exact) mass is 244 g/mol. The van der Waals surface area contributed by atoms with Gasteiger partial charge >= 0.3 is 0 Å². The lowest BCUT2D eigenvalue weighted by Crippen LogP contribution is -2.46. The highest BCUT2D eigenvalue weighted by Crippen LogP contribution is 2.17. The maximum Gasteiger partial charge on any atom is 0.257 e. The Morgan fingerprint density at radius 1 is 1.12 bits per heavy atom. The fourth-order valence-electron chi connectivity index (χ4n) is 1.73. The third-order valence-corrected chi connectivity index (χ3v) is 2.67. The lowest BCUT2D eigenvalue weighted by atomic mass is 10.1. The van der Waals surface area contributed by atoms with Gasteiger partial charge in [-0.25, -0.2) is 13.2 Å². The number of piperazine rings is 1. The molecule has 0 aromatic heterocycles. The van der Waals surface area contributed by atoms with Crippen molar-refractivity contribution in [3.05, 3.63) is 35.1 Å². The Morgan fingerprint density at radius 3 is 2.41 bits per heavy atom. The normalized spacial score (nSPS) is 16.1. The molecule has 0 unspecified atom stereocenters. The predicted molar refractivity (Wildman–Crippen MR) is 55.1 cm³/mol. The van der Waals surface area contributed by atoms with Crippen LogP contribution in [0.5, 0.6) is 0 Å². The molecule has 0 saturated carbocycles. The molecule has 1 aromatic carbocycles. The Bertz CT molecular complexity index is 445. The molecule has 0 atom stereocenters. The Balaban J connectivity index is 2.27. The lowest BCUT2D eigenvalue weighted by molar-refractivity contribution is 0.0729. The van der Waals surface area contributed by atoms with Crippen molar-refractivity contribution in [2.75, 3.05) is 26.2 Å². The fraction of sp³-hybridized carbons (Fsp3) is 0.364. The summed E-state index contributed by atoms with van der Waals surface area (Å²) in [6.45, 7) is 2.07. The van der Waals surface area contributed by atoms with Gasteiger partial charge in [0.15, 0.2) is 17.5 Å². The summed E-state index contributed by atoms with van der Waals surface area (Å²) in [6, 6.07) is 1.73. The highest BCUT2D eigenvalue weighted by molar-refractivity contribution is 5.94. The van der Waals surface area contributed by atoms with Crippen LogP contribution in [0.25, 0.3) is 0 Å². The van der Waals surface area contributed by atoms with E-state index in [1.807, 2.05) is 0 Å². The molecule has 3 nitrogen and oxygen atoms in total. The first kappa shape index (κ1) is 11.9. The van der Waals surface area contributed by atoms with Crippen molar-refractivity contribution in [3.8, 4) is 0 Å². The van der Waals surface area contributed by atoms with Crippen molar-refractivity contribution in [2.45, 2.75) is 0 Å². The van der Waals surface area contributed by atoms with Crippen LogP contribution in [0.3, 0.4) is 0 Å². The van der Waals surface area contributed by atoms with Gasteiger partial charge in [-0.05, 0) is 12.1 Å². The van der Waals surface area contributed by atoms with Crippen molar-refractivity contribution >= 4 is 5.91 Å². The molecule has 1 aliphatic rings. The average Bonchev–Trinajstić information content (AvgIpc) is 2.36. The quantitative estimate of drug-likeness (QED) is 0.751. The minimum atomic E-state index is -1.61. The van der Waals surface area contributed by atoms with Crippen molar-refractivity contribution in [2.24, 2.45) is 0 Å². The first-order chi connectivity index (χ1) is 8.11. The zero-order chi connectivity index (χ0) is 12.4. The second-order valence-electron chi connectivity index (χ2n) is 3.77. The molecule has 2 rings (SSSR count). The standard InChI is InChI=1S/C11H11F3N2O/c12-8-2-1-7(9(13)10(8)14)11(17)16-5-3-15-4-6-16/h1-2,15H,3-6H2. The van der Waals surface area contributed by atoms with Crippen LogP contribution in [0.1, 0.15) is 10.4 Å². The maximum atomic E-state index is 13.4. The van der Waals surface area contributed by atoms with E-state index < -0.39 is 28.9 Å². The summed E-state index contributed by atoms with van der Waals surface area (Å²) in [5.74, 6) is -4.93. The summed E-state index contributed by atoms with van der Waals surface area (Å²) in [5, 5.41) is 3.03. The first-order valence-electron chi connectivity index (χ1n) is 5.24. The first-order valence-corrected chi connectivity index (χ1v) is 5.24. The number of hydrogen-bond donors (Lipinski definition) is 1. The largest absolute Gasteiger partial charge is 0.336 e. The number of rotatable bonds is 1. The highest BCUT2D eigenvalue weighted by atomic mass is 19.2. The van der Waals surface area contributed by atoms with Gasteiger partial charge in [-0.2, -0.15) is 0 Å². The zero-order valence-corrected chi connectivity index (χ0v) is 8.97. The summed E-state index contributed by atoms with van der Waals surface area (Å²) in [7, 11) is 0. The summed E-state index contributed by atoms with van der Waals surface area (Å²) < 4.78 is 39.1. The minimum Gasteiger partial charge on any atom is -0.336 e. The molecule has 6 heteroatoms. The number of carbonyl (C=O) groups is 1. The van der Waals surface area contributed by atoms with E-state index in [0.717, 1.165) is 12.1 Å². The van der Waals surface area contributed by atoms with E-state index in [9.17, 15) is 18.0 Å². The van der Waals surface area contributed by atoms with E-state index >= 15 is 0 Å². The molecular formula is C11H11F3N2O. The summed E-state index contributed by atoms with van der Waals surface area (Å²) >= 11 is 0. The van der Waals surface area contributed by atoms with Crippen molar-refractivity contribution in [1.82, 2.24) is 10.2 Å². The maximum absolute atomic E-state index is 13.4. The molecule has 1 heterocycles. The summed E-state index contributed by atoms with van der Waals surface area (Å²) in [5.41, 5.74) is -0.425. The topological polar surface area (TPSA) is 32.3 Å². The third kappa shape index (κ3) is 2.26. The van der Waals surface area contributed by atoms with Crippen LogP contribution in [0, 0.1) is 17.5 Å². The van der Waals surface area contributed by atoms with Gasteiger partial charge in [-0.3, -0.25) is 4.79 Å². The second kappa shape index (κ2) is 4.75. The zero-order valence-electron chi connectivity index (χ0n) is 8.97. The van der Waals surface area contributed by atoms with Gasteiger partial charge in [0, 0.05) is 26.2 Å². The van der Waals surface area contributed by atoms with Crippen LogP contribution in [-0.2, 0) is 0 Å². The molecule has 1 amide bonds. The van der Waals surface area contributed by atoms with Gasteiger partial charge in [0.2, 0.25) is 0 Å². The van der Waals surface area contributed by atoms with Gasteiger partial charge < -0.3 is 10.2 Å².